The lowest BCUT2D eigenvalue weighted by Crippen LogP contribution is -2.43. The number of pyridine rings is 2. The molecule has 0 atom stereocenters. The van der Waals surface area contributed by atoms with Crippen molar-refractivity contribution in [1.29, 1.82) is 0 Å². The topological polar surface area (TPSA) is 134 Å². The molecule has 2 aliphatic heterocycles. The van der Waals surface area contributed by atoms with E-state index in [1.807, 2.05) is 36.5 Å². The third-order valence-corrected chi connectivity index (χ3v) is 6.86. The Hall–Kier alpha value is -4.18. The quantitative estimate of drug-likeness (QED) is 0.435. The van der Waals surface area contributed by atoms with E-state index in [-0.39, 0.29) is 17.3 Å². The lowest BCUT2D eigenvalue weighted by Gasteiger charge is -2.33. The van der Waals surface area contributed by atoms with Crippen molar-refractivity contribution in [2.45, 2.75) is 25.4 Å². The Balaban J connectivity index is 1.52. The van der Waals surface area contributed by atoms with E-state index < -0.39 is 17.9 Å². The van der Waals surface area contributed by atoms with Gasteiger partial charge in [-0.1, -0.05) is 12.1 Å². The summed E-state index contributed by atoms with van der Waals surface area (Å²) in [5.74, 6) is -0.331. The maximum atomic E-state index is 13.1. The van der Waals surface area contributed by atoms with Crippen LogP contribution in [-0.2, 0) is 11.3 Å². The first-order chi connectivity index (χ1) is 17.0. The Bertz CT molecular complexity index is 1650. The van der Waals surface area contributed by atoms with Gasteiger partial charge in [0.25, 0.3) is 5.56 Å². The van der Waals surface area contributed by atoms with E-state index in [0.717, 1.165) is 16.7 Å². The molecular formula is C25H22N6O4. The summed E-state index contributed by atoms with van der Waals surface area (Å²) in [5.41, 5.74) is 4.31. The third-order valence-electron chi connectivity index (χ3n) is 6.86. The van der Waals surface area contributed by atoms with Crippen molar-refractivity contribution in [3.05, 3.63) is 68.5 Å². The Morgan fingerprint density at radius 3 is 2.77 bits per heavy atom. The van der Waals surface area contributed by atoms with Crippen LogP contribution in [0.5, 0.6) is 0 Å². The number of aliphatic hydroxyl groups excluding tert-OH is 1. The largest absolute Gasteiger partial charge is 0.387 e. The fourth-order valence-corrected chi connectivity index (χ4v) is 5.03. The lowest BCUT2D eigenvalue weighted by atomic mass is 10.0. The number of fused-ring (bicyclic) bond motifs is 4. The van der Waals surface area contributed by atoms with Gasteiger partial charge in [-0.3, -0.25) is 29.1 Å². The van der Waals surface area contributed by atoms with Crippen molar-refractivity contribution in [3.63, 3.8) is 0 Å². The molecule has 5 heterocycles. The van der Waals surface area contributed by atoms with Crippen LogP contribution in [0.3, 0.4) is 0 Å². The highest BCUT2D eigenvalue weighted by Crippen LogP contribution is 2.29. The van der Waals surface area contributed by atoms with Gasteiger partial charge in [0, 0.05) is 37.1 Å². The van der Waals surface area contributed by atoms with Crippen molar-refractivity contribution in [1.82, 2.24) is 24.4 Å². The average molecular weight is 470 g/mol. The van der Waals surface area contributed by atoms with E-state index in [0.29, 0.717) is 54.7 Å². The minimum atomic E-state index is -0.538. The van der Waals surface area contributed by atoms with Crippen LogP contribution >= 0.6 is 0 Å². The van der Waals surface area contributed by atoms with Crippen LogP contribution in [0.15, 0.2) is 51.1 Å². The van der Waals surface area contributed by atoms with Gasteiger partial charge >= 0.3 is 5.69 Å². The number of likely N-dealkylation sites (tertiary alicyclic amines) is 1. The number of benzene rings is 1. The van der Waals surface area contributed by atoms with Gasteiger partial charge in [-0.15, -0.1) is 0 Å². The van der Waals surface area contributed by atoms with E-state index in [4.69, 9.17) is 10.1 Å². The number of hydrogen-bond acceptors (Lipinski definition) is 7. The van der Waals surface area contributed by atoms with Gasteiger partial charge < -0.3 is 10.0 Å². The molecular weight excluding hydrogens is 448 g/mol. The molecule has 0 unspecified atom stereocenters. The smallest absolute Gasteiger partial charge is 0.329 e. The Morgan fingerprint density at radius 2 is 1.97 bits per heavy atom. The Labute approximate surface area is 198 Å². The SMILES string of the molecule is O=C(CO)N1CCC(n2c(=O)[nH]c(=O)c3cnc4ccc(-c5ccc6c(c5)C=NC6)nc4c32)CC1. The van der Waals surface area contributed by atoms with Crippen LogP contribution in [0.25, 0.3) is 33.2 Å². The summed E-state index contributed by atoms with van der Waals surface area (Å²) in [6, 6.07) is 9.55. The molecule has 1 fully saturated rings. The fourth-order valence-electron chi connectivity index (χ4n) is 5.03. The molecule has 10 nitrogen and oxygen atoms in total. The first kappa shape index (κ1) is 21.4. The third kappa shape index (κ3) is 3.53. The molecule has 2 N–H and O–H groups in total. The normalized spacial score (nSPS) is 15.7. The molecule has 10 heteroatoms. The molecule has 176 valence electrons. The van der Waals surface area contributed by atoms with Gasteiger partial charge in [0.1, 0.15) is 12.1 Å². The summed E-state index contributed by atoms with van der Waals surface area (Å²) in [6.07, 6.45) is 4.35. The van der Waals surface area contributed by atoms with Gasteiger partial charge in [0.15, 0.2) is 0 Å². The zero-order chi connectivity index (χ0) is 24.1. The average Bonchev–Trinajstić information content (AvgIpc) is 3.36. The number of carbonyl (C=O) groups is 1. The molecule has 2 aliphatic rings. The summed E-state index contributed by atoms with van der Waals surface area (Å²) in [7, 11) is 0. The van der Waals surface area contributed by atoms with Gasteiger partial charge in [-0.05, 0) is 42.2 Å². The molecule has 3 aromatic heterocycles. The number of hydrogen-bond donors (Lipinski definition) is 2. The number of aromatic nitrogens is 4. The van der Waals surface area contributed by atoms with Gasteiger partial charge in [0.2, 0.25) is 5.91 Å². The molecule has 1 saturated heterocycles. The second kappa shape index (κ2) is 8.24. The molecule has 1 aromatic carbocycles. The van der Waals surface area contributed by atoms with Gasteiger partial charge in [0.05, 0.1) is 28.7 Å². The van der Waals surface area contributed by atoms with E-state index in [9.17, 15) is 14.4 Å². The molecule has 1 amide bonds. The number of H-pyrrole nitrogens is 1. The molecule has 0 spiro atoms. The summed E-state index contributed by atoms with van der Waals surface area (Å²) in [4.78, 5) is 55.3. The number of carbonyl (C=O) groups excluding carboxylic acids is 1. The predicted molar refractivity (Wildman–Crippen MR) is 131 cm³/mol. The summed E-state index contributed by atoms with van der Waals surface area (Å²) in [6.45, 7) is 0.960. The minimum absolute atomic E-state index is 0.239. The van der Waals surface area contributed by atoms with Crippen molar-refractivity contribution < 1.29 is 9.90 Å². The standard InChI is InChI=1S/C25H22N6O4/c32-13-21(33)30-7-5-17(6-8-30)31-23-18(24(34)29-25(31)35)12-27-20-4-3-19(28-22(20)23)14-1-2-15-10-26-11-16(15)9-14/h1-4,9,11-12,17,32H,5-8,10,13H2,(H,29,34,35). The number of aliphatic imine (C=N–C) groups is 1. The zero-order valence-corrected chi connectivity index (χ0v) is 18.8. The van der Waals surface area contributed by atoms with E-state index in [2.05, 4.69) is 15.0 Å². The number of aliphatic hydroxyl groups is 1. The second-order valence-corrected chi connectivity index (χ2v) is 8.87. The molecule has 0 bridgehead atoms. The first-order valence-corrected chi connectivity index (χ1v) is 11.5. The molecule has 0 saturated carbocycles. The summed E-state index contributed by atoms with van der Waals surface area (Å²) < 4.78 is 1.59. The number of amides is 1. The van der Waals surface area contributed by atoms with Crippen LogP contribution in [0, 0.1) is 0 Å². The van der Waals surface area contributed by atoms with Crippen molar-refractivity contribution in [2.24, 2.45) is 4.99 Å². The Kier molecular flexibility index (Phi) is 5.03. The van der Waals surface area contributed by atoms with Crippen LogP contribution in [-0.4, -0.2) is 61.3 Å². The zero-order valence-electron chi connectivity index (χ0n) is 18.8. The lowest BCUT2D eigenvalue weighted by molar-refractivity contribution is -0.135. The number of nitrogens with zero attached hydrogens (tertiary/aromatic N) is 5. The maximum absolute atomic E-state index is 13.1. The summed E-state index contributed by atoms with van der Waals surface area (Å²) >= 11 is 0. The predicted octanol–water partition coefficient (Wildman–Crippen LogP) is 1.39. The first-order valence-electron chi connectivity index (χ1n) is 11.5. The van der Waals surface area contributed by atoms with Crippen LogP contribution < -0.4 is 11.2 Å². The molecule has 0 aliphatic carbocycles. The highest BCUT2D eigenvalue weighted by Gasteiger charge is 2.27. The Morgan fingerprint density at radius 1 is 1.14 bits per heavy atom. The van der Waals surface area contributed by atoms with Crippen molar-refractivity contribution in [2.75, 3.05) is 19.7 Å². The number of aromatic amines is 1. The van der Waals surface area contributed by atoms with Crippen molar-refractivity contribution >= 4 is 34.1 Å². The van der Waals surface area contributed by atoms with E-state index in [1.54, 1.807) is 9.47 Å². The number of piperidine rings is 1. The highest BCUT2D eigenvalue weighted by atomic mass is 16.3. The fraction of sp³-hybridized carbons (Fsp3) is 0.280. The molecule has 4 aromatic rings. The molecule has 35 heavy (non-hydrogen) atoms. The maximum Gasteiger partial charge on any atom is 0.329 e. The second-order valence-electron chi connectivity index (χ2n) is 8.87. The van der Waals surface area contributed by atoms with Gasteiger partial charge in [-0.2, -0.15) is 0 Å². The molecule has 0 radical (unpaired) electrons. The van der Waals surface area contributed by atoms with Crippen LogP contribution in [0.1, 0.15) is 30.0 Å². The van der Waals surface area contributed by atoms with Crippen LogP contribution in [0.4, 0.5) is 0 Å². The number of rotatable bonds is 3. The van der Waals surface area contributed by atoms with Gasteiger partial charge in [-0.25, -0.2) is 9.78 Å². The monoisotopic (exact) mass is 470 g/mol. The summed E-state index contributed by atoms with van der Waals surface area (Å²) in [5, 5.41) is 9.46. The minimum Gasteiger partial charge on any atom is -0.387 e. The highest BCUT2D eigenvalue weighted by molar-refractivity contribution is 6.01. The number of nitrogens with one attached hydrogen (secondary N) is 1. The van der Waals surface area contributed by atoms with Crippen LogP contribution in [0.2, 0.25) is 0 Å². The van der Waals surface area contributed by atoms with E-state index >= 15 is 0 Å². The van der Waals surface area contributed by atoms with E-state index in [1.165, 1.54) is 6.20 Å². The molecule has 6 rings (SSSR count). The van der Waals surface area contributed by atoms with Crippen molar-refractivity contribution in [3.8, 4) is 11.3 Å².